The van der Waals surface area contributed by atoms with Gasteiger partial charge in [-0.05, 0) is 41.5 Å². The summed E-state index contributed by atoms with van der Waals surface area (Å²) in [4.78, 5) is 3.86. The summed E-state index contributed by atoms with van der Waals surface area (Å²) in [6.07, 6.45) is -1.29. The highest BCUT2D eigenvalue weighted by molar-refractivity contribution is 5.26. The molecule has 1 heterocycles. The van der Waals surface area contributed by atoms with E-state index in [-0.39, 0.29) is 12.1 Å². The Kier molecular flexibility index (Phi) is 4.34. The smallest absolute Gasteiger partial charge is 0.309 e. The fraction of sp³-hybridized carbons (Fsp3) is 0.214. The normalized spacial score (nSPS) is 11.6. The lowest BCUT2D eigenvalue weighted by Gasteiger charge is -2.10. The van der Waals surface area contributed by atoms with Crippen molar-refractivity contribution in [3.63, 3.8) is 0 Å². The van der Waals surface area contributed by atoms with Crippen LogP contribution in [0.5, 0.6) is 0 Å². The van der Waals surface area contributed by atoms with Crippen LogP contribution in [0.25, 0.3) is 0 Å². The van der Waals surface area contributed by atoms with E-state index in [0.29, 0.717) is 12.6 Å². The summed E-state index contributed by atoms with van der Waals surface area (Å²) >= 11 is 0. The van der Waals surface area contributed by atoms with Crippen LogP contribution in [0.4, 0.5) is 17.6 Å². The summed E-state index contributed by atoms with van der Waals surface area (Å²) < 4.78 is 50.8. The fourth-order valence-corrected chi connectivity index (χ4v) is 1.77. The van der Waals surface area contributed by atoms with Gasteiger partial charge in [-0.1, -0.05) is 0 Å². The summed E-state index contributed by atoms with van der Waals surface area (Å²) in [5.74, 6) is -0.888. The van der Waals surface area contributed by atoms with E-state index in [1.54, 1.807) is 24.5 Å². The lowest BCUT2D eigenvalue weighted by molar-refractivity contribution is -0.137. The maximum atomic E-state index is 13.2. The average molecular weight is 284 g/mol. The van der Waals surface area contributed by atoms with E-state index in [1.807, 2.05) is 0 Å². The summed E-state index contributed by atoms with van der Waals surface area (Å²) in [5, 5.41) is 2.96. The molecule has 0 radical (unpaired) electrons. The Hall–Kier alpha value is -1.95. The molecule has 0 bridgehead atoms. The molecule has 2 aromatic rings. The van der Waals surface area contributed by atoms with Crippen molar-refractivity contribution < 1.29 is 17.6 Å². The number of hydrogen-bond acceptors (Lipinski definition) is 2. The Morgan fingerprint density at radius 1 is 0.950 bits per heavy atom. The van der Waals surface area contributed by atoms with Gasteiger partial charge in [-0.25, -0.2) is 4.39 Å². The number of alkyl halides is 3. The molecule has 1 aromatic carbocycles. The number of nitrogens with zero attached hydrogens (tertiary/aromatic N) is 1. The molecule has 0 unspecified atom stereocenters. The van der Waals surface area contributed by atoms with Crippen LogP contribution >= 0.6 is 0 Å². The molecular formula is C14H12F4N2. The Morgan fingerprint density at radius 2 is 1.60 bits per heavy atom. The van der Waals surface area contributed by atoms with Gasteiger partial charge in [0.25, 0.3) is 0 Å². The van der Waals surface area contributed by atoms with Gasteiger partial charge < -0.3 is 5.32 Å². The second-order valence-electron chi connectivity index (χ2n) is 4.30. The molecule has 0 aliphatic heterocycles. The van der Waals surface area contributed by atoms with Gasteiger partial charge in [0, 0.05) is 25.5 Å². The van der Waals surface area contributed by atoms with Crippen LogP contribution in [-0.4, -0.2) is 4.98 Å². The molecule has 0 spiro atoms. The predicted molar refractivity (Wildman–Crippen MR) is 66.2 cm³/mol. The van der Waals surface area contributed by atoms with Crippen molar-refractivity contribution in [1.29, 1.82) is 0 Å². The Morgan fingerprint density at radius 3 is 2.25 bits per heavy atom. The highest BCUT2D eigenvalue weighted by Crippen LogP contribution is 2.30. The zero-order chi connectivity index (χ0) is 14.6. The van der Waals surface area contributed by atoms with Gasteiger partial charge in [0.2, 0.25) is 0 Å². The molecule has 0 fully saturated rings. The van der Waals surface area contributed by atoms with E-state index in [1.165, 1.54) is 0 Å². The molecule has 2 rings (SSSR count). The molecule has 6 heteroatoms. The first-order chi connectivity index (χ1) is 9.45. The van der Waals surface area contributed by atoms with Crippen LogP contribution in [0.3, 0.4) is 0 Å². The third-order valence-electron chi connectivity index (χ3n) is 2.69. The first-order valence-corrected chi connectivity index (χ1v) is 5.91. The maximum absolute atomic E-state index is 13.2. The van der Waals surface area contributed by atoms with Gasteiger partial charge in [-0.2, -0.15) is 13.2 Å². The SMILES string of the molecule is Fc1cc(CNCc2ccncc2)cc(C(F)(F)F)c1. The third-order valence-corrected chi connectivity index (χ3v) is 2.69. The molecule has 106 valence electrons. The van der Waals surface area contributed by atoms with Gasteiger partial charge in [-0.15, -0.1) is 0 Å². The van der Waals surface area contributed by atoms with Crippen molar-refractivity contribution in [2.24, 2.45) is 0 Å². The summed E-state index contributed by atoms with van der Waals surface area (Å²) in [6.45, 7) is 0.629. The van der Waals surface area contributed by atoms with Gasteiger partial charge in [0.05, 0.1) is 5.56 Å². The molecule has 0 aliphatic rings. The Bertz CT molecular complexity index is 567. The molecule has 2 nitrogen and oxygen atoms in total. The molecule has 1 aromatic heterocycles. The second-order valence-corrected chi connectivity index (χ2v) is 4.30. The van der Waals surface area contributed by atoms with Crippen LogP contribution < -0.4 is 5.32 Å². The minimum Gasteiger partial charge on any atom is -0.309 e. The highest BCUT2D eigenvalue weighted by Gasteiger charge is 2.31. The van der Waals surface area contributed by atoms with Crippen LogP contribution in [-0.2, 0) is 19.3 Å². The maximum Gasteiger partial charge on any atom is 0.416 e. The molecule has 1 N–H and O–H groups in total. The lowest BCUT2D eigenvalue weighted by atomic mass is 10.1. The van der Waals surface area contributed by atoms with E-state index in [0.717, 1.165) is 17.7 Å². The number of benzene rings is 1. The summed E-state index contributed by atoms with van der Waals surface area (Å²) in [5.41, 5.74) is 0.233. The summed E-state index contributed by atoms with van der Waals surface area (Å²) in [6, 6.07) is 6.11. The standard InChI is InChI=1S/C14H12F4N2/c15-13-6-11(5-12(7-13)14(16,17)18)9-20-8-10-1-3-19-4-2-10/h1-7,20H,8-9H2. The van der Waals surface area contributed by atoms with E-state index in [2.05, 4.69) is 10.3 Å². The zero-order valence-corrected chi connectivity index (χ0v) is 10.4. The zero-order valence-electron chi connectivity index (χ0n) is 10.4. The molecule has 20 heavy (non-hydrogen) atoms. The van der Waals surface area contributed by atoms with Crippen molar-refractivity contribution in [2.75, 3.05) is 0 Å². The van der Waals surface area contributed by atoms with Crippen molar-refractivity contribution in [1.82, 2.24) is 10.3 Å². The van der Waals surface area contributed by atoms with Gasteiger partial charge >= 0.3 is 6.18 Å². The van der Waals surface area contributed by atoms with Crippen molar-refractivity contribution in [2.45, 2.75) is 19.3 Å². The molecule has 0 saturated heterocycles. The summed E-state index contributed by atoms with van der Waals surface area (Å²) in [7, 11) is 0. The highest BCUT2D eigenvalue weighted by atomic mass is 19.4. The first-order valence-electron chi connectivity index (χ1n) is 5.91. The molecule has 0 aliphatic carbocycles. The van der Waals surface area contributed by atoms with Gasteiger partial charge in [0.1, 0.15) is 5.82 Å². The van der Waals surface area contributed by atoms with E-state index >= 15 is 0 Å². The number of rotatable bonds is 4. The van der Waals surface area contributed by atoms with Gasteiger partial charge in [-0.3, -0.25) is 4.98 Å². The predicted octanol–water partition coefficient (Wildman–Crippen LogP) is 3.53. The van der Waals surface area contributed by atoms with Crippen molar-refractivity contribution in [3.8, 4) is 0 Å². The first kappa shape index (κ1) is 14.5. The van der Waals surface area contributed by atoms with Crippen LogP contribution in [0, 0.1) is 5.82 Å². The van der Waals surface area contributed by atoms with E-state index in [9.17, 15) is 17.6 Å². The fourth-order valence-electron chi connectivity index (χ4n) is 1.77. The van der Waals surface area contributed by atoms with Crippen molar-refractivity contribution >= 4 is 0 Å². The molecular weight excluding hydrogens is 272 g/mol. The molecule has 0 amide bonds. The number of nitrogens with one attached hydrogen (secondary N) is 1. The molecule has 0 atom stereocenters. The average Bonchev–Trinajstić information content (AvgIpc) is 2.38. The Labute approximate surface area is 113 Å². The number of aromatic nitrogens is 1. The van der Waals surface area contributed by atoms with Crippen molar-refractivity contribution in [3.05, 3.63) is 65.2 Å². The number of pyridine rings is 1. The third kappa shape index (κ3) is 4.03. The van der Waals surface area contributed by atoms with Gasteiger partial charge in [0.15, 0.2) is 0 Å². The largest absolute Gasteiger partial charge is 0.416 e. The number of halogens is 4. The lowest BCUT2D eigenvalue weighted by Crippen LogP contribution is -2.14. The monoisotopic (exact) mass is 284 g/mol. The van der Waals surface area contributed by atoms with E-state index in [4.69, 9.17) is 0 Å². The number of hydrogen-bond donors (Lipinski definition) is 1. The van der Waals surface area contributed by atoms with E-state index < -0.39 is 17.6 Å². The second kappa shape index (κ2) is 6.00. The van der Waals surface area contributed by atoms with Crippen LogP contribution in [0.1, 0.15) is 16.7 Å². The Balaban J connectivity index is 2.01. The molecule has 0 saturated carbocycles. The van der Waals surface area contributed by atoms with Crippen LogP contribution in [0.2, 0.25) is 0 Å². The quantitative estimate of drug-likeness (QED) is 0.869. The van der Waals surface area contributed by atoms with Crippen LogP contribution in [0.15, 0.2) is 42.7 Å². The minimum absolute atomic E-state index is 0.156. The topological polar surface area (TPSA) is 24.9 Å². The minimum atomic E-state index is -4.54.